The second-order valence-electron chi connectivity index (χ2n) is 6.79. The summed E-state index contributed by atoms with van der Waals surface area (Å²) in [5, 5.41) is 3.17. The highest BCUT2D eigenvalue weighted by atomic mass is 32.1. The minimum atomic E-state index is 0.100. The smallest absolute Gasteiger partial charge is 0.318 e. The van der Waals surface area contributed by atoms with E-state index >= 15 is 0 Å². The molecule has 1 saturated carbocycles. The Hall–Kier alpha value is -1.07. The van der Waals surface area contributed by atoms with Crippen molar-refractivity contribution < 1.29 is 4.79 Å². The van der Waals surface area contributed by atoms with Gasteiger partial charge in [-0.25, -0.2) is 4.79 Å². The van der Waals surface area contributed by atoms with E-state index in [0.29, 0.717) is 12.1 Å². The Kier molecular flexibility index (Phi) is 6.90. The molecule has 0 radical (unpaired) electrons. The minimum Gasteiger partial charge on any atom is -0.336 e. The van der Waals surface area contributed by atoms with Crippen LogP contribution in [-0.2, 0) is 6.54 Å². The van der Waals surface area contributed by atoms with Gasteiger partial charge in [-0.05, 0) is 52.4 Å². The molecule has 0 aromatic carbocycles. The molecule has 0 saturated heterocycles. The Morgan fingerprint density at radius 2 is 2.04 bits per heavy atom. The Morgan fingerprint density at radius 3 is 2.57 bits per heavy atom. The molecule has 5 heteroatoms. The highest BCUT2D eigenvalue weighted by Gasteiger charge is 2.27. The second kappa shape index (κ2) is 8.69. The molecule has 0 aliphatic heterocycles. The average molecular weight is 338 g/mol. The molecular formula is C18H31N3OS. The number of urea groups is 1. The van der Waals surface area contributed by atoms with Crippen LogP contribution in [0.2, 0.25) is 0 Å². The van der Waals surface area contributed by atoms with E-state index in [4.69, 9.17) is 0 Å². The van der Waals surface area contributed by atoms with Crippen LogP contribution >= 0.6 is 11.3 Å². The van der Waals surface area contributed by atoms with E-state index in [1.807, 2.05) is 0 Å². The molecule has 1 aliphatic carbocycles. The maximum absolute atomic E-state index is 12.8. The van der Waals surface area contributed by atoms with Crippen LogP contribution in [0.5, 0.6) is 0 Å². The molecule has 1 aromatic heterocycles. The van der Waals surface area contributed by atoms with Crippen molar-refractivity contribution in [2.75, 3.05) is 20.6 Å². The Morgan fingerprint density at radius 1 is 1.35 bits per heavy atom. The molecule has 2 amide bonds. The van der Waals surface area contributed by atoms with Crippen molar-refractivity contribution in [1.29, 1.82) is 0 Å². The first-order valence-corrected chi connectivity index (χ1v) is 9.59. The molecule has 0 spiro atoms. The predicted octanol–water partition coefficient (Wildman–Crippen LogP) is 3.85. The van der Waals surface area contributed by atoms with Crippen LogP contribution in [0.15, 0.2) is 12.1 Å². The molecular weight excluding hydrogens is 306 g/mol. The molecule has 1 N–H and O–H groups in total. The molecule has 1 aromatic rings. The van der Waals surface area contributed by atoms with E-state index in [1.54, 1.807) is 11.3 Å². The fourth-order valence-electron chi connectivity index (χ4n) is 3.32. The van der Waals surface area contributed by atoms with Crippen molar-refractivity contribution in [3.05, 3.63) is 21.9 Å². The van der Waals surface area contributed by atoms with Crippen LogP contribution in [0, 0.1) is 6.92 Å². The lowest BCUT2D eigenvalue weighted by Crippen LogP contribution is -2.48. The summed E-state index contributed by atoms with van der Waals surface area (Å²) in [7, 11) is 4.15. The standard InChI is InChI=1S/C18H31N3OS/c1-5-15(20(3)4)12-19-18(22)21(16-8-6-7-9-16)13-17-11-10-14(2)23-17/h10-11,15-16H,5-9,12-13H2,1-4H3,(H,19,22)/t15-/m0/s1. The summed E-state index contributed by atoms with van der Waals surface area (Å²) in [6.45, 7) is 5.75. The lowest BCUT2D eigenvalue weighted by molar-refractivity contribution is 0.167. The summed E-state index contributed by atoms with van der Waals surface area (Å²) in [4.78, 5) is 19.6. The predicted molar refractivity (Wildman–Crippen MR) is 98.0 cm³/mol. The number of hydrogen-bond acceptors (Lipinski definition) is 3. The normalized spacial score (nSPS) is 16.7. The third kappa shape index (κ3) is 5.21. The van der Waals surface area contributed by atoms with Gasteiger partial charge in [0.1, 0.15) is 0 Å². The third-order valence-electron chi connectivity index (χ3n) is 4.84. The lowest BCUT2D eigenvalue weighted by atomic mass is 10.2. The van der Waals surface area contributed by atoms with Crippen molar-refractivity contribution >= 4 is 17.4 Å². The van der Waals surface area contributed by atoms with Gasteiger partial charge in [0.2, 0.25) is 0 Å². The molecule has 2 rings (SSSR count). The minimum absolute atomic E-state index is 0.100. The molecule has 4 nitrogen and oxygen atoms in total. The van der Waals surface area contributed by atoms with Crippen molar-refractivity contribution in [2.45, 2.75) is 64.6 Å². The average Bonchev–Trinajstić information content (AvgIpc) is 3.16. The first kappa shape index (κ1) is 18.3. The Balaban J connectivity index is 1.99. The fraction of sp³-hybridized carbons (Fsp3) is 0.722. The summed E-state index contributed by atoms with van der Waals surface area (Å²) in [6.07, 6.45) is 5.81. The van der Waals surface area contributed by atoms with Crippen LogP contribution in [0.3, 0.4) is 0 Å². The number of hydrogen-bond donors (Lipinski definition) is 1. The zero-order valence-corrected chi connectivity index (χ0v) is 15.8. The quantitative estimate of drug-likeness (QED) is 0.820. The molecule has 1 aliphatic rings. The van der Waals surface area contributed by atoms with Gasteiger partial charge in [-0.15, -0.1) is 11.3 Å². The number of nitrogens with zero attached hydrogens (tertiary/aromatic N) is 2. The molecule has 23 heavy (non-hydrogen) atoms. The zero-order chi connectivity index (χ0) is 16.8. The second-order valence-corrected chi connectivity index (χ2v) is 8.16. The first-order valence-electron chi connectivity index (χ1n) is 8.77. The Bertz CT molecular complexity index is 494. The molecule has 1 heterocycles. The van der Waals surface area contributed by atoms with Gasteiger partial charge in [-0.1, -0.05) is 19.8 Å². The molecule has 1 atom stereocenters. The van der Waals surface area contributed by atoms with Gasteiger partial charge in [0.15, 0.2) is 0 Å². The van der Waals surface area contributed by atoms with Crippen LogP contribution in [0.1, 0.15) is 48.8 Å². The Labute approximate surface area is 144 Å². The third-order valence-corrected chi connectivity index (χ3v) is 5.82. The van der Waals surface area contributed by atoms with Gasteiger partial charge in [-0.2, -0.15) is 0 Å². The molecule has 1 fully saturated rings. The number of nitrogens with one attached hydrogen (secondary N) is 1. The maximum Gasteiger partial charge on any atom is 0.318 e. The SMILES string of the molecule is CC[C@@H](CNC(=O)N(Cc1ccc(C)s1)C1CCCC1)N(C)C. The highest BCUT2D eigenvalue weighted by Crippen LogP contribution is 2.26. The number of rotatable bonds is 7. The van der Waals surface area contributed by atoms with E-state index in [0.717, 1.165) is 32.4 Å². The topological polar surface area (TPSA) is 35.6 Å². The summed E-state index contributed by atoms with van der Waals surface area (Å²) in [5.41, 5.74) is 0. The number of amides is 2. The highest BCUT2D eigenvalue weighted by molar-refractivity contribution is 7.11. The molecule has 0 bridgehead atoms. The number of carbonyl (C=O) groups excluding carboxylic acids is 1. The van der Waals surface area contributed by atoms with Crippen molar-refractivity contribution in [1.82, 2.24) is 15.1 Å². The van der Waals surface area contributed by atoms with Gasteiger partial charge in [0.25, 0.3) is 0 Å². The van der Waals surface area contributed by atoms with Gasteiger partial charge < -0.3 is 15.1 Å². The van der Waals surface area contributed by atoms with E-state index in [9.17, 15) is 4.79 Å². The van der Waals surface area contributed by atoms with Gasteiger partial charge in [-0.3, -0.25) is 0 Å². The summed E-state index contributed by atoms with van der Waals surface area (Å²) >= 11 is 1.80. The summed E-state index contributed by atoms with van der Waals surface area (Å²) < 4.78 is 0. The molecule has 0 unspecified atom stereocenters. The number of carbonyl (C=O) groups is 1. The van der Waals surface area contributed by atoms with E-state index in [1.165, 1.54) is 22.6 Å². The van der Waals surface area contributed by atoms with Crippen molar-refractivity contribution in [2.24, 2.45) is 0 Å². The molecule has 130 valence electrons. The number of thiophene rings is 1. The lowest BCUT2D eigenvalue weighted by Gasteiger charge is -2.30. The maximum atomic E-state index is 12.8. The van der Waals surface area contributed by atoms with Crippen LogP contribution in [0.25, 0.3) is 0 Å². The van der Waals surface area contributed by atoms with Gasteiger partial charge >= 0.3 is 6.03 Å². The number of aryl methyl sites for hydroxylation is 1. The van der Waals surface area contributed by atoms with Gasteiger partial charge in [0.05, 0.1) is 6.54 Å². The van der Waals surface area contributed by atoms with E-state index in [-0.39, 0.29) is 6.03 Å². The zero-order valence-electron chi connectivity index (χ0n) is 15.0. The largest absolute Gasteiger partial charge is 0.336 e. The van der Waals surface area contributed by atoms with Crippen LogP contribution < -0.4 is 5.32 Å². The summed E-state index contributed by atoms with van der Waals surface area (Å²) in [5.74, 6) is 0. The van der Waals surface area contributed by atoms with Gasteiger partial charge in [0, 0.05) is 28.4 Å². The van der Waals surface area contributed by atoms with Crippen molar-refractivity contribution in [3.63, 3.8) is 0 Å². The van der Waals surface area contributed by atoms with Crippen LogP contribution in [0.4, 0.5) is 4.79 Å². The summed E-state index contributed by atoms with van der Waals surface area (Å²) in [6, 6.07) is 5.20. The number of likely N-dealkylation sites (N-methyl/N-ethyl adjacent to an activating group) is 1. The van der Waals surface area contributed by atoms with Crippen LogP contribution in [-0.4, -0.2) is 48.6 Å². The first-order chi connectivity index (χ1) is 11.0. The van der Waals surface area contributed by atoms with Crippen molar-refractivity contribution in [3.8, 4) is 0 Å². The monoisotopic (exact) mass is 337 g/mol. The van der Waals surface area contributed by atoms with E-state index < -0.39 is 0 Å². The fourth-order valence-corrected chi connectivity index (χ4v) is 4.21. The van der Waals surface area contributed by atoms with E-state index in [2.05, 4.69) is 55.2 Å².